The lowest BCUT2D eigenvalue weighted by molar-refractivity contribution is 0.405. The smallest absolute Gasteiger partial charge is 0.0805 e. The van der Waals surface area contributed by atoms with Crippen LogP contribution in [0.15, 0.2) is 36.4 Å². The highest BCUT2D eigenvalue weighted by Gasteiger charge is 2.13. The highest BCUT2D eigenvalue weighted by Crippen LogP contribution is 2.35. The molecule has 0 fully saturated rings. The Hall–Kier alpha value is -2.67. The van der Waals surface area contributed by atoms with Crippen LogP contribution in [0.2, 0.25) is 0 Å². The Balaban J connectivity index is 0.00000342. The summed E-state index contributed by atoms with van der Waals surface area (Å²) in [4.78, 5) is 14.3. The second-order valence-corrected chi connectivity index (χ2v) is 9.81. The Morgan fingerprint density at radius 1 is 0.629 bits per heavy atom. The van der Waals surface area contributed by atoms with Gasteiger partial charge >= 0.3 is 0 Å². The molecule has 6 nitrogen and oxygen atoms in total. The van der Waals surface area contributed by atoms with Crippen molar-refractivity contribution in [3.05, 3.63) is 47.8 Å². The molecule has 2 heterocycles. The predicted molar refractivity (Wildman–Crippen MR) is 155 cm³/mol. The molecule has 4 rings (SSSR count). The number of pyridine rings is 2. The molecule has 0 unspecified atom stereocenters. The number of nitrogens with zero attached hydrogens (tertiary/aromatic N) is 4. The fourth-order valence-electron chi connectivity index (χ4n) is 4.57. The zero-order valence-corrected chi connectivity index (χ0v) is 22.7. The maximum atomic E-state index is 4.95. The molecule has 0 spiro atoms. The fourth-order valence-corrected chi connectivity index (χ4v) is 4.57. The molecule has 0 amide bonds. The fraction of sp³-hybridized carbons (Fsp3) is 0.429. The molecule has 35 heavy (non-hydrogen) atoms. The number of hydrogen-bond acceptors (Lipinski definition) is 6. The summed E-state index contributed by atoms with van der Waals surface area (Å²) < 4.78 is 0. The zero-order valence-electron chi connectivity index (χ0n) is 21.9. The van der Waals surface area contributed by atoms with E-state index in [-0.39, 0.29) is 12.4 Å². The molecule has 4 aromatic rings. The first-order chi connectivity index (χ1) is 16.3. The van der Waals surface area contributed by atoms with Gasteiger partial charge in [-0.15, -0.1) is 12.4 Å². The first kappa shape index (κ1) is 26.9. The van der Waals surface area contributed by atoms with Crippen LogP contribution >= 0.6 is 12.4 Å². The van der Waals surface area contributed by atoms with E-state index in [0.717, 1.165) is 94.4 Å². The molecule has 0 aliphatic carbocycles. The third kappa shape index (κ3) is 6.31. The summed E-state index contributed by atoms with van der Waals surface area (Å²) in [7, 11) is 8.46. The van der Waals surface area contributed by atoms with Gasteiger partial charge in [-0.25, -0.2) is 0 Å². The lowest BCUT2D eigenvalue weighted by atomic mass is 10.0. The minimum atomic E-state index is 0. The Labute approximate surface area is 215 Å². The number of fused-ring (bicyclic) bond motifs is 5. The van der Waals surface area contributed by atoms with Crippen LogP contribution in [0.25, 0.3) is 32.6 Å². The molecule has 0 aliphatic heterocycles. The minimum absolute atomic E-state index is 0. The standard InChI is InChI=1S/C28H38N6.ClH/c1-19-17-25(29-13-7-15-33(3)4)23-11-10-22-21(27(23)31-19)9-12-24-26(18-20(2)32-28(22)24)30-14-8-16-34(5)6;/h9-12,17-18H,7-8,13-16H2,1-6H3,(H,29,31)(H,30,32);1H. The molecule has 2 aromatic heterocycles. The molecule has 0 saturated heterocycles. The van der Waals surface area contributed by atoms with Gasteiger partial charge in [0.1, 0.15) is 0 Å². The number of benzene rings is 2. The van der Waals surface area contributed by atoms with Crippen molar-refractivity contribution in [2.45, 2.75) is 26.7 Å². The van der Waals surface area contributed by atoms with Crippen molar-refractivity contribution in [3.8, 4) is 0 Å². The van der Waals surface area contributed by atoms with Crippen LogP contribution in [-0.2, 0) is 0 Å². The molecule has 0 radical (unpaired) electrons. The molecule has 188 valence electrons. The average molecular weight is 495 g/mol. The summed E-state index contributed by atoms with van der Waals surface area (Å²) in [6.07, 6.45) is 2.20. The van der Waals surface area contributed by atoms with Crippen LogP contribution in [0, 0.1) is 13.8 Å². The molecule has 0 atom stereocenters. The van der Waals surface area contributed by atoms with Gasteiger partial charge in [0.2, 0.25) is 0 Å². The number of halogens is 1. The van der Waals surface area contributed by atoms with Crippen molar-refractivity contribution in [2.75, 3.05) is 65.0 Å². The molecular weight excluding hydrogens is 456 g/mol. The first-order valence-electron chi connectivity index (χ1n) is 12.2. The van der Waals surface area contributed by atoms with E-state index < -0.39 is 0 Å². The SMILES string of the molecule is Cc1cc(NCCCN(C)C)c2ccc3c(ccc4c(NCCCN(C)C)cc(C)nc43)c2n1.Cl. The van der Waals surface area contributed by atoms with Gasteiger partial charge in [-0.2, -0.15) is 0 Å². The number of anilines is 2. The van der Waals surface area contributed by atoms with E-state index in [9.17, 15) is 0 Å². The predicted octanol–water partition coefficient (Wildman–Crippen LogP) is 5.70. The normalized spacial score (nSPS) is 11.5. The topological polar surface area (TPSA) is 56.3 Å². The molecule has 0 saturated carbocycles. The third-order valence-electron chi connectivity index (χ3n) is 6.20. The van der Waals surface area contributed by atoms with E-state index >= 15 is 0 Å². The largest absolute Gasteiger partial charge is 0.384 e. The molecule has 2 aromatic carbocycles. The Kier molecular flexibility index (Phi) is 9.11. The van der Waals surface area contributed by atoms with Crippen LogP contribution < -0.4 is 10.6 Å². The van der Waals surface area contributed by atoms with Gasteiger partial charge in [0, 0.05) is 57.4 Å². The second-order valence-electron chi connectivity index (χ2n) is 9.81. The number of hydrogen-bond donors (Lipinski definition) is 2. The number of aryl methyl sites for hydroxylation is 2. The lowest BCUT2D eigenvalue weighted by Crippen LogP contribution is -2.16. The first-order valence-corrected chi connectivity index (χ1v) is 12.2. The van der Waals surface area contributed by atoms with Gasteiger partial charge in [-0.1, -0.05) is 24.3 Å². The second kappa shape index (κ2) is 11.8. The van der Waals surface area contributed by atoms with Gasteiger partial charge in [0.05, 0.1) is 11.0 Å². The number of nitrogens with one attached hydrogen (secondary N) is 2. The van der Waals surface area contributed by atoms with Crippen LogP contribution in [0.5, 0.6) is 0 Å². The summed E-state index contributed by atoms with van der Waals surface area (Å²) in [6.45, 7) is 8.16. The van der Waals surface area contributed by atoms with Gasteiger partial charge in [0.15, 0.2) is 0 Å². The van der Waals surface area contributed by atoms with Crippen LogP contribution in [0.3, 0.4) is 0 Å². The van der Waals surface area contributed by atoms with Crippen molar-refractivity contribution in [2.24, 2.45) is 0 Å². The molecular formula is C28H39ClN6. The van der Waals surface area contributed by atoms with Crippen molar-refractivity contribution in [3.63, 3.8) is 0 Å². The molecule has 0 aliphatic rings. The Bertz CT molecular complexity index is 1200. The van der Waals surface area contributed by atoms with E-state index in [0.29, 0.717) is 0 Å². The van der Waals surface area contributed by atoms with Crippen molar-refractivity contribution < 1.29 is 0 Å². The quantitative estimate of drug-likeness (QED) is 0.218. The van der Waals surface area contributed by atoms with Crippen molar-refractivity contribution >= 4 is 56.4 Å². The highest BCUT2D eigenvalue weighted by atomic mass is 35.5. The summed E-state index contributed by atoms with van der Waals surface area (Å²) in [6, 6.07) is 13.1. The lowest BCUT2D eigenvalue weighted by Gasteiger charge is -2.16. The van der Waals surface area contributed by atoms with Crippen LogP contribution in [0.1, 0.15) is 24.2 Å². The number of rotatable bonds is 10. The van der Waals surface area contributed by atoms with E-state index in [2.05, 4.69) is 98.9 Å². The van der Waals surface area contributed by atoms with E-state index in [1.54, 1.807) is 0 Å². The summed E-state index contributed by atoms with van der Waals surface area (Å²) in [5.41, 5.74) is 6.44. The number of aromatic nitrogens is 2. The molecule has 0 bridgehead atoms. The van der Waals surface area contributed by atoms with Gasteiger partial charge in [0.25, 0.3) is 0 Å². The minimum Gasteiger partial charge on any atom is -0.384 e. The molecule has 7 heteroatoms. The van der Waals surface area contributed by atoms with Crippen LogP contribution in [0.4, 0.5) is 11.4 Å². The van der Waals surface area contributed by atoms with Gasteiger partial charge < -0.3 is 20.4 Å². The van der Waals surface area contributed by atoms with Gasteiger partial charge in [-0.05, 0) is 80.1 Å². The Morgan fingerprint density at radius 3 is 1.37 bits per heavy atom. The monoisotopic (exact) mass is 494 g/mol. The van der Waals surface area contributed by atoms with Crippen molar-refractivity contribution in [1.82, 2.24) is 19.8 Å². The van der Waals surface area contributed by atoms with Gasteiger partial charge in [-0.3, -0.25) is 9.97 Å². The summed E-state index contributed by atoms with van der Waals surface area (Å²) in [5.74, 6) is 0. The van der Waals surface area contributed by atoms with E-state index in [1.807, 2.05) is 0 Å². The zero-order chi connectivity index (χ0) is 24.2. The third-order valence-corrected chi connectivity index (χ3v) is 6.20. The Morgan fingerprint density at radius 2 is 1.00 bits per heavy atom. The summed E-state index contributed by atoms with van der Waals surface area (Å²) >= 11 is 0. The van der Waals surface area contributed by atoms with Crippen molar-refractivity contribution in [1.29, 1.82) is 0 Å². The molecule has 2 N–H and O–H groups in total. The highest BCUT2D eigenvalue weighted by molar-refractivity contribution is 6.18. The maximum Gasteiger partial charge on any atom is 0.0805 e. The van der Waals surface area contributed by atoms with Crippen LogP contribution in [-0.4, -0.2) is 74.1 Å². The van der Waals surface area contributed by atoms with E-state index in [1.165, 1.54) is 0 Å². The average Bonchev–Trinajstić information content (AvgIpc) is 2.78. The summed E-state index contributed by atoms with van der Waals surface area (Å²) in [5, 5.41) is 11.9. The van der Waals surface area contributed by atoms with E-state index in [4.69, 9.17) is 9.97 Å². The maximum absolute atomic E-state index is 4.95.